The minimum Gasteiger partial charge on any atom is -0.389 e. The molecule has 1 fully saturated rings. The average molecular weight is 490 g/mol. The number of benzene rings is 2. The second kappa shape index (κ2) is 11.3. The van der Waals surface area contributed by atoms with Crippen LogP contribution in [0, 0.1) is 5.82 Å². The SMILES string of the molecule is C[C@H](NC(=O)Oc1nn(C2CCCCC2)c2c1CCCCC2Cc1ccc(F)cc1)c1ccccc1. The van der Waals surface area contributed by atoms with Gasteiger partial charge in [-0.3, -0.25) is 4.68 Å². The first-order valence-corrected chi connectivity index (χ1v) is 13.5. The van der Waals surface area contributed by atoms with Crippen molar-refractivity contribution in [2.45, 2.75) is 89.1 Å². The van der Waals surface area contributed by atoms with Crippen LogP contribution in [0.15, 0.2) is 54.6 Å². The van der Waals surface area contributed by atoms with Crippen molar-refractivity contribution in [1.29, 1.82) is 0 Å². The van der Waals surface area contributed by atoms with Crippen LogP contribution in [-0.4, -0.2) is 15.9 Å². The first kappa shape index (κ1) is 24.5. The van der Waals surface area contributed by atoms with Crippen molar-refractivity contribution in [3.05, 3.63) is 82.8 Å². The molecule has 2 atom stereocenters. The van der Waals surface area contributed by atoms with E-state index in [1.165, 1.54) is 37.1 Å². The molecule has 2 aliphatic rings. The molecule has 2 aromatic carbocycles. The molecule has 1 heterocycles. The molecule has 2 aliphatic carbocycles. The summed E-state index contributed by atoms with van der Waals surface area (Å²) in [5.41, 5.74) is 4.46. The highest BCUT2D eigenvalue weighted by molar-refractivity contribution is 5.71. The number of rotatable bonds is 6. The molecule has 6 heteroatoms. The summed E-state index contributed by atoms with van der Waals surface area (Å²) >= 11 is 0. The molecule has 1 N–H and O–H groups in total. The van der Waals surface area contributed by atoms with E-state index >= 15 is 0 Å². The monoisotopic (exact) mass is 489 g/mol. The third-order valence-electron chi connectivity index (χ3n) is 7.77. The fourth-order valence-corrected chi connectivity index (χ4v) is 5.87. The van der Waals surface area contributed by atoms with Crippen molar-refractivity contribution >= 4 is 6.09 Å². The third-order valence-corrected chi connectivity index (χ3v) is 7.77. The largest absolute Gasteiger partial charge is 0.414 e. The summed E-state index contributed by atoms with van der Waals surface area (Å²) in [6, 6.07) is 16.9. The molecule has 36 heavy (non-hydrogen) atoms. The number of hydrogen-bond acceptors (Lipinski definition) is 3. The predicted molar refractivity (Wildman–Crippen MR) is 139 cm³/mol. The average Bonchev–Trinajstić information content (AvgIpc) is 3.12. The highest BCUT2D eigenvalue weighted by atomic mass is 19.1. The topological polar surface area (TPSA) is 56.1 Å². The van der Waals surface area contributed by atoms with Crippen molar-refractivity contribution in [2.24, 2.45) is 0 Å². The maximum Gasteiger partial charge on any atom is 0.414 e. The number of hydrogen-bond donors (Lipinski definition) is 1. The van der Waals surface area contributed by atoms with Crippen LogP contribution in [0.3, 0.4) is 0 Å². The maximum absolute atomic E-state index is 13.5. The number of aromatic nitrogens is 2. The summed E-state index contributed by atoms with van der Waals surface area (Å²) in [4.78, 5) is 12.9. The van der Waals surface area contributed by atoms with Gasteiger partial charge in [0.05, 0.1) is 12.1 Å². The summed E-state index contributed by atoms with van der Waals surface area (Å²) in [6.07, 6.45) is 10.3. The molecule has 190 valence electrons. The lowest BCUT2D eigenvalue weighted by atomic mass is 9.90. The van der Waals surface area contributed by atoms with Crippen molar-refractivity contribution in [3.8, 4) is 5.88 Å². The van der Waals surface area contributed by atoms with Gasteiger partial charge in [-0.05, 0) is 68.7 Å². The van der Waals surface area contributed by atoms with Gasteiger partial charge in [0.1, 0.15) is 5.82 Å². The van der Waals surface area contributed by atoms with Gasteiger partial charge in [-0.15, -0.1) is 5.10 Å². The zero-order chi connectivity index (χ0) is 24.9. The van der Waals surface area contributed by atoms with E-state index in [0.29, 0.717) is 11.9 Å². The Hall–Kier alpha value is -3.15. The Morgan fingerprint density at radius 3 is 2.50 bits per heavy atom. The normalized spacial score (nSPS) is 19.2. The van der Waals surface area contributed by atoms with E-state index in [1.54, 1.807) is 0 Å². The van der Waals surface area contributed by atoms with E-state index in [-0.39, 0.29) is 17.8 Å². The molecule has 0 bridgehead atoms. The summed E-state index contributed by atoms with van der Waals surface area (Å²) in [5.74, 6) is 0.518. The molecule has 3 aromatic rings. The van der Waals surface area contributed by atoms with Crippen LogP contribution in [0.4, 0.5) is 9.18 Å². The number of halogens is 1. The lowest BCUT2D eigenvalue weighted by Crippen LogP contribution is -2.30. The van der Waals surface area contributed by atoms with Crippen LogP contribution in [0.1, 0.15) is 98.7 Å². The summed E-state index contributed by atoms with van der Waals surface area (Å²) in [5, 5.41) is 7.92. The lowest BCUT2D eigenvalue weighted by molar-refractivity contribution is 0.193. The second-order valence-electron chi connectivity index (χ2n) is 10.3. The fourth-order valence-electron chi connectivity index (χ4n) is 5.87. The Labute approximate surface area is 213 Å². The molecular formula is C30H36FN3O2. The van der Waals surface area contributed by atoms with E-state index in [9.17, 15) is 9.18 Å². The van der Waals surface area contributed by atoms with E-state index < -0.39 is 6.09 Å². The standard InChI is InChI=1S/C30H36FN3O2/c1-21(23-10-4-2-5-11-23)32-30(35)36-29-27-15-9-8-12-24(20-22-16-18-25(31)19-17-22)28(27)34(33-29)26-13-6-3-7-14-26/h2,4-5,10-11,16-19,21,24,26H,3,6-9,12-15,20H2,1H3,(H,32,35)/t21-,24?/m0/s1. The molecule has 0 saturated heterocycles. The maximum atomic E-state index is 13.5. The number of carbonyl (C=O) groups is 1. The highest BCUT2D eigenvalue weighted by Gasteiger charge is 2.32. The Morgan fingerprint density at radius 2 is 1.75 bits per heavy atom. The first-order valence-electron chi connectivity index (χ1n) is 13.5. The Morgan fingerprint density at radius 1 is 1.03 bits per heavy atom. The number of nitrogens with one attached hydrogen (secondary N) is 1. The minimum absolute atomic E-state index is 0.163. The molecule has 1 unspecified atom stereocenters. The predicted octanol–water partition coefficient (Wildman–Crippen LogP) is 7.43. The second-order valence-corrected chi connectivity index (χ2v) is 10.3. The fraction of sp³-hybridized carbons (Fsp3) is 0.467. The van der Waals surface area contributed by atoms with E-state index in [4.69, 9.17) is 9.84 Å². The van der Waals surface area contributed by atoms with Crippen LogP contribution in [0.25, 0.3) is 0 Å². The van der Waals surface area contributed by atoms with Crippen LogP contribution in [0.2, 0.25) is 0 Å². The first-order chi connectivity index (χ1) is 17.6. The van der Waals surface area contributed by atoms with Gasteiger partial charge in [-0.2, -0.15) is 0 Å². The van der Waals surface area contributed by atoms with Gasteiger partial charge in [0.2, 0.25) is 5.88 Å². The summed E-state index contributed by atoms with van der Waals surface area (Å²) < 4.78 is 21.7. The molecule has 5 nitrogen and oxygen atoms in total. The smallest absolute Gasteiger partial charge is 0.389 e. The summed E-state index contributed by atoms with van der Waals surface area (Å²) in [7, 11) is 0. The number of ether oxygens (including phenoxy) is 1. The summed E-state index contributed by atoms with van der Waals surface area (Å²) in [6.45, 7) is 1.95. The molecule has 0 aliphatic heterocycles. The zero-order valence-corrected chi connectivity index (χ0v) is 21.1. The minimum atomic E-state index is -0.471. The Balaban J connectivity index is 1.43. The number of amides is 1. The van der Waals surface area contributed by atoms with Gasteiger partial charge in [-0.25, -0.2) is 9.18 Å². The molecule has 5 rings (SSSR count). The van der Waals surface area contributed by atoms with Crippen LogP contribution in [0.5, 0.6) is 5.88 Å². The molecule has 0 spiro atoms. The van der Waals surface area contributed by atoms with Gasteiger partial charge in [0.15, 0.2) is 0 Å². The van der Waals surface area contributed by atoms with Crippen LogP contribution < -0.4 is 10.1 Å². The number of fused-ring (bicyclic) bond motifs is 1. The van der Waals surface area contributed by atoms with Crippen molar-refractivity contribution < 1.29 is 13.9 Å². The van der Waals surface area contributed by atoms with Crippen molar-refractivity contribution in [3.63, 3.8) is 0 Å². The molecule has 1 aromatic heterocycles. The van der Waals surface area contributed by atoms with E-state index in [2.05, 4.69) is 10.00 Å². The van der Waals surface area contributed by atoms with E-state index in [1.807, 2.05) is 49.4 Å². The molecular weight excluding hydrogens is 453 g/mol. The zero-order valence-electron chi connectivity index (χ0n) is 21.1. The van der Waals surface area contributed by atoms with Crippen LogP contribution in [-0.2, 0) is 12.8 Å². The lowest BCUT2D eigenvalue weighted by Gasteiger charge is -2.27. The van der Waals surface area contributed by atoms with Gasteiger partial charge < -0.3 is 10.1 Å². The van der Waals surface area contributed by atoms with Gasteiger partial charge in [0, 0.05) is 17.2 Å². The van der Waals surface area contributed by atoms with Gasteiger partial charge in [0.25, 0.3) is 0 Å². The number of nitrogens with zero attached hydrogens (tertiary/aromatic N) is 2. The quantitative estimate of drug-likeness (QED) is 0.366. The highest BCUT2D eigenvalue weighted by Crippen LogP contribution is 2.41. The van der Waals surface area contributed by atoms with Crippen molar-refractivity contribution in [2.75, 3.05) is 0 Å². The molecule has 0 radical (unpaired) electrons. The van der Waals surface area contributed by atoms with E-state index in [0.717, 1.165) is 61.6 Å². The third kappa shape index (κ3) is 5.63. The Bertz CT molecular complexity index is 1150. The molecule has 1 saturated carbocycles. The Kier molecular flexibility index (Phi) is 7.69. The molecule has 1 amide bonds. The number of carbonyl (C=O) groups excluding carboxylic acids is 1. The van der Waals surface area contributed by atoms with Gasteiger partial charge in [-0.1, -0.05) is 68.1 Å². The van der Waals surface area contributed by atoms with Crippen LogP contribution >= 0.6 is 0 Å². The van der Waals surface area contributed by atoms with Crippen molar-refractivity contribution in [1.82, 2.24) is 15.1 Å². The van der Waals surface area contributed by atoms with Gasteiger partial charge >= 0.3 is 6.09 Å².